The van der Waals surface area contributed by atoms with Crippen LogP contribution in [0, 0.1) is 5.82 Å². The molecule has 0 aliphatic heterocycles. The van der Waals surface area contributed by atoms with Gasteiger partial charge >= 0.3 is 0 Å². The Bertz CT molecular complexity index is 353. The summed E-state index contributed by atoms with van der Waals surface area (Å²) < 4.78 is 14.6. The molecule has 1 aromatic rings. The van der Waals surface area contributed by atoms with Crippen LogP contribution in [0.2, 0.25) is 0 Å². The molecule has 1 rings (SSSR count). The number of benzene rings is 1. The molecule has 2 nitrogen and oxygen atoms in total. The first kappa shape index (κ1) is 13.6. The number of nitrogens with two attached hydrogens (primary N) is 1. The third kappa shape index (κ3) is 3.54. The fourth-order valence-electron chi connectivity index (χ4n) is 1.74. The molecule has 1 aromatic carbocycles. The summed E-state index contributed by atoms with van der Waals surface area (Å²) in [5.41, 5.74) is 6.49. The Hall–Kier alpha value is -0.450. The van der Waals surface area contributed by atoms with Crippen molar-refractivity contribution >= 4 is 15.9 Å². The number of nitrogens with zero attached hydrogens (tertiary/aromatic N) is 1. The number of hydrogen-bond acceptors (Lipinski definition) is 2. The van der Waals surface area contributed by atoms with E-state index >= 15 is 0 Å². The van der Waals surface area contributed by atoms with Gasteiger partial charge in [-0.3, -0.25) is 0 Å². The maximum Gasteiger partial charge on any atom is 0.128 e. The average Bonchev–Trinajstić information content (AvgIpc) is 2.18. The molecule has 0 heterocycles. The lowest BCUT2D eigenvalue weighted by atomic mass is 9.99. The Kier molecular flexibility index (Phi) is 4.89. The minimum atomic E-state index is -0.178. The number of hydrogen-bond donors (Lipinski definition) is 1. The second-order valence-electron chi connectivity index (χ2n) is 4.36. The van der Waals surface area contributed by atoms with E-state index in [9.17, 15) is 4.39 Å². The molecule has 0 radical (unpaired) electrons. The quantitative estimate of drug-likeness (QED) is 0.923. The Morgan fingerprint density at radius 3 is 2.56 bits per heavy atom. The molecule has 0 aromatic heterocycles. The normalized spacial score (nSPS) is 15.2. The van der Waals surface area contributed by atoms with E-state index in [-0.39, 0.29) is 17.9 Å². The van der Waals surface area contributed by atoms with Crippen molar-refractivity contribution in [3.05, 3.63) is 34.1 Å². The highest BCUT2D eigenvalue weighted by molar-refractivity contribution is 9.10. The first-order chi connectivity index (χ1) is 7.41. The van der Waals surface area contributed by atoms with Crippen molar-refractivity contribution < 1.29 is 4.39 Å². The molecule has 0 saturated heterocycles. The van der Waals surface area contributed by atoms with Crippen LogP contribution < -0.4 is 5.73 Å². The van der Waals surface area contributed by atoms with Gasteiger partial charge in [-0.2, -0.15) is 0 Å². The lowest BCUT2D eigenvalue weighted by Crippen LogP contribution is -2.28. The Balaban J connectivity index is 3.05. The van der Waals surface area contributed by atoms with Gasteiger partial charge in [0.25, 0.3) is 0 Å². The van der Waals surface area contributed by atoms with Crippen molar-refractivity contribution in [2.75, 3.05) is 14.1 Å². The zero-order valence-electron chi connectivity index (χ0n) is 9.87. The molecule has 0 fully saturated rings. The molecule has 0 aliphatic carbocycles. The molecule has 0 saturated carbocycles. The van der Waals surface area contributed by atoms with E-state index in [2.05, 4.69) is 15.9 Å². The molecule has 0 spiro atoms. The Morgan fingerprint density at radius 2 is 2.06 bits per heavy atom. The van der Waals surface area contributed by atoms with E-state index in [1.54, 1.807) is 6.07 Å². The molecule has 0 aliphatic rings. The van der Waals surface area contributed by atoms with Crippen molar-refractivity contribution in [2.24, 2.45) is 5.73 Å². The van der Waals surface area contributed by atoms with Crippen molar-refractivity contribution in [3.63, 3.8) is 0 Å². The molecule has 2 atom stereocenters. The molecule has 16 heavy (non-hydrogen) atoms. The van der Waals surface area contributed by atoms with E-state index in [0.717, 1.165) is 10.9 Å². The van der Waals surface area contributed by atoms with Crippen LogP contribution in [-0.2, 0) is 0 Å². The molecule has 0 amide bonds. The summed E-state index contributed by atoms with van der Waals surface area (Å²) in [6.07, 6.45) is 0.736. The Labute approximate surface area is 105 Å². The van der Waals surface area contributed by atoms with Crippen LogP contribution in [-0.4, -0.2) is 25.0 Å². The van der Waals surface area contributed by atoms with E-state index in [1.807, 2.05) is 32.0 Å². The molecule has 4 heteroatoms. The zero-order chi connectivity index (χ0) is 12.3. The van der Waals surface area contributed by atoms with Gasteiger partial charge < -0.3 is 10.6 Å². The highest BCUT2D eigenvalue weighted by Gasteiger charge is 2.19. The minimum Gasteiger partial charge on any atom is -0.328 e. The highest BCUT2D eigenvalue weighted by atomic mass is 79.9. The third-order valence-electron chi connectivity index (χ3n) is 2.54. The maximum atomic E-state index is 13.7. The fourth-order valence-corrected chi connectivity index (χ4v) is 2.12. The van der Waals surface area contributed by atoms with Gasteiger partial charge in [-0.15, -0.1) is 0 Å². The van der Waals surface area contributed by atoms with Crippen LogP contribution in [0.4, 0.5) is 4.39 Å². The van der Waals surface area contributed by atoms with Crippen molar-refractivity contribution in [3.8, 4) is 0 Å². The molecule has 0 bridgehead atoms. The fraction of sp³-hybridized carbons (Fsp3) is 0.500. The summed E-state index contributed by atoms with van der Waals surface area (Å²) in [4.78, 5) is 1.99. The van der Waals surface area contributed by atoms with Crippen molar-refractivity contribution in [2.45, 2.75) is 25.4 Å². The van der Waals surface area contributed by atoms with Gasteiger partial charge in [-0.1, -0.05) is 15.9 Å². The second-order valence-corrected chi connectivity index (χ2v) is 5.27. The van der Waals surface area contributed by atoms with Crippen LogP contribution in [0.1, 0.15) is 24.9 Å². The van der Waals surface area contributed by atoms with E-state index in [1.165, 1.54) is 6.07 Å². The van der Waals surface area contributed by atoms with Gasteiger partial charge in [-0.25, -0.2) is 4.39 Å². The van der Waals surface area contributed by atoms with Crippen LogP contribution >= 0.6 is 15.9 Å². The van der Waals surface area contributed by atoms with Crippen LogP contribution in [0.5, 0.6) is 0 Å². The SMILES string of the molecule is CC(N)CC(c1cc(Br)ccc1F)N(C)C. The lowest BCUT2D eigenvalue weighted by Gasteiger charge is -2.26. The highest BCUT2D eigenvalue weighted by Crippen LogP contribution is 2.28. The standard InChI is InChI=1S/C12H18BrFN2/c1-8(15)6-12(16(2)3)10-7-9(13)4-5-11(10)14/h4-5,7-8,12H,6,15H2,1-3H3. The van der Waals surface area contributed by atoms with Crippen molar-refractivity contribution in [1.29, 1.82) is 0 Å². The lowest BCUT2D eigenvalue weighted by molar-refractivity contribution is 0.265. The van der Waals surface area contributed by atoms with Gasteiger partial charge in [-0.05, 0) is 45.6 Å². The van der Waals surface area contributed by atoms with Crippen LogP contribution in [0.15, 0.2) is 22.7 Å². The summed E-state index contributed by atoms with van der Waals surface area (Å²) in [6.45, 7) is 1.94. The van der Waals surface area contributed by atoms with Crippen LogP contribution in [0.3, 0.4) is 0 Å². The van der Waals surface area contributed by atoms with E-state index < -0.39 is 0 Å². The first-order valence-electron chi connectivity index (χ1n) is 5.28. The number of rotatable bonds is 4. The summed E-state index contributed by atoms with van der Waals surface area (Å²) in [5, 5.41) is 0. The maximum absolute atomic E-state index is 13.7. The average molecular weight is 289 g/mol. The third-order valence-corrected chi connectivity index (χ3v) is 3.03. The summed E-state index contributed by atoms with van der Waals surface area (Å²) in [5.74, 6) is -0.178. The van der Waals surface area contributed by atoms with E-state index in [0.29, 0.717) is 5.56 Å². The number of halogens is 2. The van der Waals surface area contributed by atoms with Gasteiger partial charge in [0, 0.05) is 22.1 Å². The molecule has 90 valence electrons. The minimum absolute atomic E-state index is 0.0116. The van der Waals surface area contributed by atoms with Gasteiger partial charge in [0.05, 0.1) is 0 Å². The molecular weight excluding hydrogens is 271 g/mol. The second kappa shape index (κ2) is 5.75. The Morgan fingerprint density at radius 1 is 1.44 bits per heavy atom. The topological polar surface area (TPSA) is 29.3 Å². The van der Waals surface area contributed by atoms with Crippen LogP contribution in [0.25, 0.3) is 0 Å². The molecule has 2 unspecified atom stereocenters. The predicted molar refractivity (Wildman–Crippen MR) is 68.8 cm³/mol. The smallest absolute Gasteiger partial charge is 0.128 e. The monoisotopic (exact) mass is 288 g/mol. The van der Waals surface area contributed by atoms with E-state index in [4.69, 9.17) is 5.73 Å². The van der Waals surface area contributed by atoms with Crippen molar-refractivity contribution in [1.82, 2.24) is 4.90 Å². The molecular formula is C12H18BrFN2. The summed E-state index contributed by atoms with van der Waals surface area (Å²) >= 11 is 3.36. The predicted octanol–water partition coefficient (Wildman–Crippen LogP) is 2.93. The zero-order valence-corrected chi connectivity index (χ0v) is 11.5. The van der Waals surface area contributed by atoms with Gasteiger partial charge in [0.2, 0.25) is 0 Å². The molecule has 2 N–H and O–H groups in total. The summed E-state index contributed by atoms with van der Waals surface area (Å²) in [6, 6.07) is 5.07. The van der Waals surface area contributed by atoms with Gasteiger partial charge in [0.15, 0.2) is 0 Å². The van der Waals surface area contributed by atoms with Gasteiger partial charge in [0.1, 0.15) is 5.82 Å². The largest absolute Gasteiger partial charge is 0.328 e. The first-order valence-corrected chi connectivity index (χ1v) is 6.08. The summed E-state index contributed by atoms with van der Waals surface area (Å²) in [7, 11) is 3.88.